The Balaban J connectivity index is 2.01. The first kappa shape index (κ1) is 9.83. The zero-order valence-electron chi connectivity index (χ0n) is 8.11. The van der Waals surface area contributed by atoms with E-state index in [-0.39, 0.29) is 17.6 Å². The van der Waals surface area contributed by atoms with Crippen molar-refractivity contribution in [3.05, 3.63) is 42.0 Å². The quantitative estimate of drug-likeness (QED) is 0.590. The summed E-state index contributed by atoms with van der Waals surface area (Å²) >= 11 is 0. The number of aromatic nitrogens is 1. The lowest BCUT2D eigenvalue weighted by molar-refractivity contribution is 0.0932. The van der Waals surface area contributed by atoms with Crippen molar-refractivity contribution in [1.29, 1.82) is 0 Å². The average molecular weight is 206 g/mol. The third-order valence-electron chi connectivity index (χ3n) is 2.29. The van der Waals surface area contributed by atoms with Gasteiger partial charge in [-0.1, -0.05) is 18.2 Å². The highest BCUT2D eigenvalue weighted by Crippen LogP contribution is 2.09. The van der Waals surface area contributed by atoms with Crippen LogP contribution in [0.2, 0.25) is 0 Å². The molecular formula is C11H11FN2O. The molecule has 1 amide bonds. The first-order valence-corrected chi connectivity index (χ1v) is 4.84. The standard InChI is InChI=1S/C11H11FN2O/c12-10-7-3-6-9(14-10)11(15)13-8-4-1-2-5-8/h1-3,6-8H,4-5H2,(H,13,15). The molecule has 1 N–H and O–H groups in total. The van der Waals surface area contributed by atoms with E-state index < -0.39 is 5.95 Å². The van der Waals surface area contributed by atoms with E-state index in [4.69, 9.17) is 0 Å². The molecule has 0 bridgehead atoms. The number of carbonyl (C=O) groups is 1. The summed E-state index contributed by atoms with van der Waals surface area (Å²) in [6.45, 7) is 0. The third-order valence-corrected chi connectivity index (χ3v) is 2.29. The van der Waals surface area contributed by atoms with Gasteiger partial charge in [-0.25, -0.2) is 4.98 Å². The lowest BCUT2D eigenvalue weighted by Gasteiger charge is -2.11. The Morgan fingerprint density at radius 2 is 2.13 bits per heavy atom. The molecule has 1 aliphatic rings. The molecule has 0 aromatic carbocycles. The smallest absolute Gasteiger partial charge is 0.270 e. The largest absolute Gasteiger partial charge is 0.347 e. The van der Waals surface area contributed by atoms with E-state index in [0.717, 1.165) is 12.8 Å². The van der Waals surface area contributed by atoms with Gasteiger partial charge in [0.2, 0.25) is 5.95 Å². The minimum atomic E-state index is -0.632. The molecule has 0 radical (unpaired) electrons. The van der Waals surface area contributed by atoms with Crippen LogP contribution in [0.4, 0.5) is 4.39 Å². The second kappa shape index (κ2) is 4.21. The molecule has 0 atom stereocenters. The average Bonchev–Trinajstić information content (AvgIpc) is 2.70. The van der Waals surface area contributed by atoms with Gasteiger partial charge in [-0.3, -0.25) is 4.79 Å². The van der Waals surface area contributed by atoms with E-state index >= 15 is 0 Å². The molecule has 0 aliphatic heterocycles. The Kier molecular flexibility index (Phi) is 2.76. The molecule has 3 nitrogen and oxygen atoms in total. The fourth-order valence-electron chi connectivity index (χ4n) is 1.53. The topological polar surface area (TPSA) is 42.0 Å². The first-order valence-electron chi connectivity index (χ1n) is 4.84. The van der Waals surface area contributed by atoms with Crippen LogP contribution in [0.25, 0.3) is 0 Å². The SMILES string of the molecule is O=C(NC1CC=CC1)c1cccc(F)n1. The maximum absolute atomic E-state index is 12.7. The molecule has 0 unspecified atom stereocenters. The van der Waals surface area contributed by atoms with E-state index in [2.05, 4.69) is 10.3 Å². The molecule has 0 spiro atoms. The van der Waals surface area contributed by atoms with Crippen LogP contribution < -0.4 is 5.32 Å². The van der Waals surface area contributed by atoms with Crippen molar-refractivity contribution < 1.29 is 9.18 Å². The molecule has 1 heterocycles. The second-order valence-electron chi connectivity index (χ2n) is 3.46. The molecule has 0 saturated heterocycles. The normalized spacial score (nSPS) is 15.5. The number of nitrogens with zero attached hydrogens (tertiary/aromatic N) is 1. The van der Waals surface area contributed by atoms with Crippen molar-refractivity contribution in [3.63, 3.8) is 0 Å². The number of nitrogens with one attached hydrogen (secondary N) is 1. The number of amides is 1. The van der Waals surface area contributed by atoms with Gasteiger partial charge in [0.05, 0.1) is 0 Å². The summed E-state index contributed by atoms with van der Waals surface area (Å²) in [5, 5.41) is 2.79. The van der Waals surface area contributed by atoms with Crippen molar-refractivity contribution in [3.8, 4) is 0 Å². The zero-order chi connectivity index (χ0) is 10.7. The van der Waals surface area contributed by atoms with Gasteiger partial charge in [-0.2, -0.15) is 4.39 Å². The number of hydrogen-bond acceptors (Lipinski definition) is 2. The molecular weight excluding hydrogens is 195 g/mol. The maximum Gasteiger partial charge on any atom is 0.270 e. The summed E-state index contributed by atoms with van der Waals surface area (Å²) in [5.74, 6) is -0.949. The van der Waals surface area contributed by atoms with Gasteiger partial charge in [0, 0.05) is 6.04 Å². The van der Waals surface area contributed by atoms with Gasteiger partial charge < -0.3 is 5.32 Å². The first-order chi connectivity index (χ1) is 7.25. The number of hydrogen-bond donors (Lipinski definition) is 1. The number of halogens is 1. The van der Waals surface area contributed by atoms with Crippen LogP contribution in [-0.4, -0.2) is 16.9 Å². The summed E-state index contributed by atoms with van der Waals surface area (Å²) in [7, 11) is 0. The fourth-order valence-corrected chi connectivity index (χ4v) is 1.53. The van der Waals surface area contributed by atoms with E-state index in [0.29, 0.717) is 0 Å². The van der Waals surface area contributed by atoms with Crippen LogP contribution in [0.1, 0.15) is 23.3 Å². The van der Waals surface area contributed by atoms with Gasteiger partial charge in [0.25, 0.3) is 5.91 Å². The highest BCUT2D eigenvalue weighted by atomic mass is 19.1. The van der Waals surface area contributed by atoms with Gasteiger partial charge >= 0.3 is 0 Å². The number of rotatable bonds is 2. The van der Waals surface area contributed by atoms with Crippen LogP contribution in [0, 0.1) is 5.95 Å². The second-order valence-corrected chi connectivity index (χ2v) is 3.46. The van der Waals surface area contributed by atoms with Crippen LogP contribution in [-0.2, 0) is 0 Å². The Morgan fingerprint density at radius 1 is 1.40 bits per heavy atom. The monoisotopic (exact) mass is 206 g/mol. The van der Waals surface area contributed by atoms with Crippen LogP contribution in [0.3, 0.4) is 0 Å². The minimum Gasteiger partial charge on any atom is -0.347 e. The molecule has 4 heteroatoms. The number of carbonyl (C=O) groups excluding carboxylic acids is 1. The van der Waals surface area contributed by atoms with Crippen LogP contribution in [0.15, 0.2) is 30.4 Å². The van der Waals surface area contributed by atoms with Crippen molar-refractivity contribution in [2.45, 2.75) is 18.9 Å². The summed E-state index contributed by atoms with van der Waals surface area (Å²) in [6.07, 6.45) is 5.70. The summed E-state index contributed by atoms with van der Waals surface area (Å²) in [4.78, 5) is 15.1. The van der Waals surface area contributed by atoms with Crippen LogP contribution >= 0.6 is 0 Å². The van der Waals surface area contributed by atoms with E-state index in [9.17, 15) is 9.18 Å². The van der Waals surface area contributed by atoms with Crippen molar-refractivity contribution in [2.24, 2.45) is 0 Å². The predicted octanol–water partition coefficient (Wildman–Crippen LogP) is 1.67. The molecule has 78 valence electrons. The molecule has 0 fully saturated rings. The van der Waals surface area contributed by atoms with Crippen molar-refractivity contribution in [1.82, 2.24) is 10.3 Å². The van der Waals surface area contributed by atoms with E-state index in [1.165, 1.54) is 18.2 Å². The van der Waals surface area contributed by atoms with Gasteiger partial charge in [0.15, 0.2) is 0 Å². The Hall–Kier alpha value is -1.71. The Bertz CT molecular complexity index is 395. The highest BCUT2D eigenvalue weighted by Gasteiger charge is 2.15. The third kappa shape index (κ3) is 2.40. The van der Waals surface area contributed by atoms with Crippen molar-refractivity contribution >= 4 is 5.91 Å². The minimum absolute atomic E-state index is 0.127. The molecule has 1 aliphatic carbocycles. The Labute approximate surface area is 87.0 Å². The lowest BCUT2D eigenvalue weighted by Crippen LogP contribution is -2.33. The lowest BCUT2D eigenvalue weighted by atomic mass is 10.2. The van der Waals surface area contributed by atoms with Gasteiger partial charge in [-0.15, -0.1) is 0 Å². The van der Waals surface area contributed by atoms with E-state index in [1.54, 1.807) is 0 Å². The van der Waals surface area contributed by atoms with Gasteiger partial charge in [0.1, 0.15) is 5.69 Å². The zero-order valence-corrected chi connectivity index (χ0v) is 8.11. The predicted molar refractivity (Wildman–Crippen MR) is 53.8 cm³/mol. The molecule has 1 aromatic heterocycles. The van der Waals surface area contributed by atoms with Crippen LogP contribution in [0.5, 0.6) is 0 Å². The highest BCUT2D eigenvalue weighted by molar-refractivity contribution is 5.92. The summed E-state index contributed by atoms with van der Waals surface area (Å²) in [5.41, 5.74) is 0.127. The fraction of sp³-hybridized carbons (Fsp3) is 0.273. The summed E-state index contributed by atoms with van der Waals surface area (Å²) in [6, 6.07) is 4.32. The molecule has 1 aromatic rings. The maximum atomic E-state index is 12.7. The Morgan fingerprint density at radius 3 is 2.80 bits per heavy atom. The van der Waals surface area contributed by atoms with Crippen molar-refractivity contribution in [2.75, 3.05) is 0 Å². The molecule has 0 saturated carbocycles. The van der Waals surface area contributed by atoms with Gasteiger partial charge in [-0.05, 0) is 25.0 Å². The number of pyridine rings is 1. The van der Waals surface area contributed by atoms with E-state index in [1.807, 2.05) is 12.2 Å². The molecule has 2 rings (SSSR count). The summed E-state index contributed by atoms with van der Waals surface area (Å²) < 4.78 is 12.7. The molecule has 15 heavy (non-hydrogen) atoms.